The third-order valence-electron chi connectivity index (χ3n) is 3.47. The van der Waals surface area contributed by atoms with Gasteiger partial charge in [-0.05, 0) is 45.1 Å². The third kappa shape index (κ3) is 6.03. The van der Waals surface area contributed by atoms with Crippen molar-refractivity contribution in [1.82, 2.24) is 5.32 Å². The fourth-order valence-electron chi connectivity index (χ4n) is 2.27. The summed E-state index contributed by atoms with van der Waals surface area (Å²) in [6, 6.07) is 0.279. The molecule has 1 aliphatic rings. The molecular weight excluding hydrogens is 216 g/mol. The molecule has 1 atom stereocenters. The number of carbonyl (C=O) groups excluding carboxylic acids is 1. The summed E-state index contributed by atoms with van der Waals surface area (Å²) in [7, 11) is 0. The smallest absolute Gasteiger partial charge is 0.220 e. The number of ether oxygens (including phenoxy) is 1. The van der Waals surface area contributed by atoms with Gasteiger partial charge in [0.15, 0.2) is 0 Å². The average Bonchev–Trinajstić information content (AvgIpc) is 2.36. The number of nitrogens with one attached hydrogen (secondary N) is 1. The molecule has 3 N–H and O–H groups in total. The van der Waals surface area contributed by atoms with E-state index in [0.29, 0.717) is 12.3 Å². The van der Waals surface area contributed by atoms with E-state index in [4.69, 9.17) is 10.5 Å². The zero-order chi connectivity index (χ0) is 12.5. The summed E-state index contributed by atoms with van der Waals surface area (Å²) in [5.74, 6) is 0.762. The molecule has 1 fully saturated rings. The number of hydrogen-bond donors (Lipinski definition) is 2. The first kappa shape index (κ1) is 14.5. The Balaban J connectivity index is 2.11. The Hall–Kier alpha value is -0.610. The summed E-state index contributed by atoms with van der Waals surface area (Å²) < 4.78 is 5.32. The van der Waals surface area contributed by atoms with Gasteiger partial charge in [-0.1, -0.05) is 6.42 Å². The van der Waals surface area contributed by atoms with Crippen LogP contribution in [0.1, 0.15) is 45.4 Å². The van der Waals surface area contributed by atoms with Crippen LogP contribution in [0, 0.1) is 5.92 Å². The minimum atomic E-state index is 0.181. The van der Waals surface area contributed by atoms with E-state index in [0.717, 1.165) is 51.9 Å². The van der Waals surface area contributed by atoms with Gasteiger partial charge in [0.05, 0.1) is 0 Å². The largest absolute Gasteiger partial charge is 0.381 e. The van der Waals surface area contributed by atoms with Crippen LogP contribution in [0.4, 0.5) is 0 Å². The molecule has 0 bridgehead atoms. The molecule has 0 aromatic heterocycles. The number of nitrogens with two attached hydrogens (primary N) is 1. The van der Waals surface area contributed by atoms with Gasteiger partial charge in [0.25, 0.3) is 0 Å². The molecule has 4 nitrogen and oxygen atoms in total. The van der Waals surface area contributed by atoms with Gasteiger partial charge >= 0.3 is 0 Å². The highest BCUT2D eigenvalue weighted by Crippen LogP contribution is 2.18. The van der Waals surface area contributed by atoms with Crippen LogP contribution in [0.25, 0.3) is 0 Å². The molecule has 4 heteroatoms. The molecule has 1 saturated heterocycles. The molecule has 0 radical (unpaired) electrons. The summed E-state index contributed by atoms with van der Waals surface area (Å²) in [5.41, 5.74) is 5.41. The van der Waals surface area contributed by atoms with E-state index in [-0.39, 0.29) is 11.9 Å². The zero-order valence-electron chi connectivity index (χ0n) is 10.9. The number of hydrogen-bond acceptors (Lipinski definition) is 3. The highest BCUT2D eigenvalue weighted by molar-refractivity contribution is 5.76. The lowest BCUT2D eigenvalue weighted by Crippen LogP contribution is -2.40. The first-order valence-corrected chi connectivity index (χ1v) is 6.81. The van der Waals surface area contributed by atoms with Crippen molar-refractivity contribution in [1.29, 1.82) is 0 Å². The van der Waals surface area contributed by atoms with E-state index in [1.165, 1.54) is 0 Å². The van der Waals surface area contributed by atoms with Crippen LogP contribution in [0.15, 0.2) is 0 Å². The lowest BCUT2D eigenvalue weighted by Gasteiger charge is -2.28. The Bertz CT molecular complexity index is 215. The first-order chi connectivity index (χ1) is 8.24. The molecule has 0 aromatic carbocycles. The highest BCUT2D eigenvalue weighted by atomic mass is 16.5. The predicted octanol–water partition coefficient (Wildman–Crippen LogP) is 1.44. The predicted molar refractivity (Wildman–Crippen MR) is 68.7 cm³/mol. The highest BCUT2D eigenvalue weighted by Gasteiger charge is 2.21. The second-order valence-electron chi connectivity index (χ2n) is 4.91. The fraction of sp³-hybridized carbons (Fsp3) is 0.923. The van der Waals surface area contributed by atoms with E-state index in [1.54, 1.807) is 0 Å². The minimum absolute atomic E-state index is 0.181. The quantitative estimate of drug-likeness (QED) is 0.664. The Morgan fingerprint density at radius 1 is 1.35 bits per heavy atom. The van der Waals surface area contributed by atoms with E-state index in [9.17, 15) is 4.79 Å². The molecule has 1 aliphatic heterocycles. The van der Waals surface area contributed by atoms with Gasteiger partial charge in [0.2, 0.25) is 5.91 Å². The van der Waals surface area contributed by atoms with E-state index in [1.807, 2.05) is 0 Å². The van der Waals surface area contributed by atoms with E-state index < -0.39 is 0 Å². The second-order valence-corrected chi connectivity index (χ2v) is 4.91. The molecule has 0 aliphatic carbocycles. The Morgan fingerprint density at radius 2 is 2.06 bits per heavy atom. The fourth-order valence-corrected chi connectivity index (χ4v) is 2.27. The van der Waals surface area contributed by atoms with Gasteiger partial charge in [-0.3, -0.25) is 4.79 Å². The number of rotatable bonds is 7. The van der Waals surface area contributed by atoms with Gasteiger partial charge in [-0.25, -0.2) is 0 Å². The van der Waals surface area contributed by atoms with Crippen LogP contribution in [-0.4, -0.2) is 31.7 Å². The van der Waals surface area contributed by atoms with Crippen LogP contribution in [0.2, 0.25) is 0 Å². The summed E-state index contributed by atoms with van der Waals surface area (Å²) in [6.07, 6.45) is 5.78. The van der Waals surface area contributed by atoms with E-state index in [2.05, 4.69) is 12.2 Å². The standard InChI is InChI=1S/C13H26N2O2/c1-11(12-6-9-17-10-7-12)15-13(16)5-3-2-4-8-14/h11-12H,2-10,14H2,1H3,(H,15,16). The maximum absolute atomic E-state index is 11.7. The molecule has 0 spiro atoms. The molecular formula is C13H26N2O2. The molecule has 1 rings (SSSR count). The molecule has 100 valence electrons. The molecule has 1 unspecified atom stereocenters. The molecule has 0 saturated carbocycles. The average molecular weight is 242 g/mol. The van der Waals surface area contributed by atoms with Crippen LogP contribution in [0.3, 0.4) is 0 Å². The number of unbranched alkanes of at least 4 members (excludes halogenated alkanes) is 2. The monoisotopic (exact) mass is 242 g/mol. The summed E-state index contributed by atoms with van der Waals surface area (Å²) in [6.45, 7) is 4.50. The molecule has 0 aromatic rings. The van der Waals surface area contributed by atoms with Crippen molar-refractivity contribution in [2.45, 2.75) is 51.5 Å². The van der Waals surface area contributed by atoms with E-state index >= 15 is 0 Å². The Labute approximate surface area is 104 Å². The molecule has 1 amide bonds. The maximum atomic E-state index is 11.7. The third-order valence-corrected chi connectivity index (χ3v) is 3.47. The van der Waals surface area contributed by atoms with Crippen LogP contribution < -0.4 is 11.1 Å². The van der Waals surface area contributed by atoms with Gasteiger partial charge in [-0.2, -0.15) is 0 Å². The first-order valence-electron chi connectivity index (χ1n) is 6.81. The van der Waals surface area contributed by atoms with Gasteiger partial charge in [0, 0.05) is 25.7 Å². The number of carbonyl (C=O) groups is 1. The van der Waals surface area contributed by atoms with Crippen LogP contribution in [-0.2, 0) is 9.53 Å². The summed E-state index contributed by atoms with van der Waals surface area (Å²) >= 11 is 0. The van der Waals surface area contributed by atoms with Crippen LogP contribution in [0.5, 0.6) is 0 Å². The molecule has 1 heterocycles. The summed E-state index contributed by atoms with van der Waals surface area (Å²) in [5, 5.41) is 3.10. The topological polar surface area (TPSA) is 64.4 Å². The van der Waals surface area contributed by atoms with Gasteiger partial charge in [0.1, 0.15) is 0 Å². The van der Waals surface area contributed by atoms with Crippen molar-refractivity contribution in [3.63, 3.8) is 0 Å². The summed E-state index contributed by atoms with van der Waals surface area (Å²) in [4.78, 5) is 11.7. The second kappa shape index (κ2) is 8.48. The van der Waals surface area contributed by atoms with Gasteiger partial charge < -0.3 is 15.8 Å². The lowest BCUT2D eigenvalue weighted by molar-refractivity contribution is -0.122. The Morgan fingerprint density at radius 3 is 2.71 bits per heavy atom. The van der Waals surface area contributed by atoms with Crippen molar-refractivity contribution in [2.24, 2.45) is 11.7 Å². The van der Waals surface area contributed by atoms with Crippen molar-refractivity contribution in [3.05, 3.63) is 0 Å². The maximum Gasteiger partial charge on any atom is 0.220 e. The Kier molecular flexibility index (Phi) is 7.21. The van der Waals surface area contributed by atoms with Crippen molar-refractivity contribution in [2.75, 3.05) is 19.8 Å². The minimum Gasteiger partial charge on any atom is -0.381 e. The van der Waals surface area contributed by atoms with Gasteiger partial charge in [-0.15, -0.1) is 0 Å². The van der Waals surface area contributed by atoms with Crippen molar-refractivity contribution >= 4 is 5.91 Å². The number of amides is 1. The normalized spacial score (nSPS) is 18.9. The SMILES string of the molecule is CC(NC(=O)CCCCCN)C1CCOCC1. The zero-order valence-corrected chi connectivity index (χ0v) is 10.9. The van der Waals surface area contributed by atoms with Crippen LogP contribution >= 0.6 is 0 Å². The van der Waals surface area contributed by atoms with Crippen molar-refractivity contribution in [3.8, 4) is 0 Å². The van der Waals surface area contributed by atoms with Crippen molar-refractivity contribution < 1.29 is 9.53 Å². The lowest BCUT2D eigenvalue weighted by atomic mass is 9.93. The molecule has 17 heavy (non-hydrogen) atoms.